The number of phosphoric acid groups is 1. The Balaban J connectivity index is 1.89. The van der Waals surface area contributed by atoms with Gasteiger partial charge in [-0.15, -0.1) is 0 Å². The summed E-state index contributed by atoms with van der Waals surface area (Å²) >= 11 is 0. The molecule has 0 aliphatic carbocycles. The summed E-state index contributed by atoms with van der Waals surface area (Å²) in [5.41, 5.74) is -0.202. The van der Waals surface area contributed by atoms with Crippen molar-refractivity contribution in [2.24, 2.45) is 0 Å². The quantitative estimate of drug-likeness (QED) is 0.253. The van der Waals surface area contributed by atoms with Crippen molar-refractivity contribution in [2.75, 3.05) is 6.61 Å². The van der Waals surface area contributed by atoms with Gasteiger partial charge in [0.1, 0.15) is 24.6 Å². The van der Waals surface area contributed by atoms with Crippen LogP contribution < -0.4 is 5.49 Å². The number of fused-ring (bicyclic) bond motifs is 1. The van der Waals surface area contributed by atoms with Gasteiger partial charge in [0.25, 0.3) is 0 Å². The molecule has 1 saturated heterocycles. The molecular weight excluding hydrogens is 349 g/mol. The predicted molar refractivity (Wildman–Crippen MR) is 72.5 cm³/mol. The smallest absolute Gasteiger partial charge is 0.425 e. The molecular formula is C10H14N5O8P. The van der Waals surface area contributed by atoms with Gasteiger partial charge in [0, 0.05) is 0 Å². The standard InChI is InChI=1S/C10H14N5O8P/c11-8-5-9(13-3-15(8)18)14(2-12-5)10-7(17)6(16)4(23-10)1-22-24(19,20)21/h2-4,6-7,10-11,16-18H,1H2,(H2,19,20,21)/t4-,6+,7-,10-/m0/s1. The zero-order chi connectivity index (χ0) is 17.6. The second-order valence-corrected chi connectivity index (χ2v) is 6.33. The average molecular weight is 363 g/mol. The highest BCUT2D eigenvalue weighted by atomic mass is 31.2. The maximum absolute atomic E-state index is 10.7. The molecule has 0 saturated carbocycles. The fourth-order valence-electron chi connectivity index (χ4n) is 2.38. The number of hydrogen-bond acceptors (Lipinski definition) is 9. The maximum Gasteiger partial charge on any atom is 0.469 e. The Labute approximate surface area is 133 Å². The summed E-state index contributed by atoms with van der Waals surface area (Å²) < 4.78 is 22.1. The summed E-state index contributed by atoms with van der Waals surface area (Å²) in [6.07, 6.45) is -3.14. The van der Waals surface area contributed by atoms with E-state index in [-0.39, 0.29) is 16.7 Å². The Morgan fingerprint density at radius 2 is 2.00 bits per heavy atom. The molecule has 0 spiro atoms. The lowest BCUT2D eigenvalue weighted by molar-refractivity contribution is -0.0504. The van der Waals surface area contributed by atoms with Gasteiger partial charge in [-0.25, -0.2) is 14.5 Å². The molecule has 0 amide bonds. The number of nitrogens with one attached hydrogen (secondary N) is 1. The molecule has 14 heteroatoms. The lowest BCUT2D eigenvalue weighted by Gasteiger charge is -2.16. The lowest BCUT2D eigenvalue weighted by atomic mass is 10.1. The second kappa shape index (κ2) is 5.89. The summed E-state index contributed by atoms with van der Waals surface area (Å²) in [5, 5.41) is 37.1. The van der Waals surface area contributed by atoms with E-state index in [0.717, 1.165) is 6.33 Å². The molecule has 3 heterocycles. The van der Waals surface area contributed by atoms with Crippen molar-refractivity contribution in [3.63, 3.8) is 0 Å². The van der Waals surface area contributed by atoms with Crippen molar-refractivity contribution in [1.82, 2.24) is 19.3 Å². The SMILES string of the molecule is N=c1c2ncn([C@H]3O[C@@H](COP(=O)(O)O)[C@@H](O)[C@@H]3O)c2ncn1O. The fourth-order valence-corrected chi connectivity index (χ4v) is 2.72. The number of ether oxygens (including phenoxy) is 1. The van der Waals surface area contributed by atoms with E-state index in [9.17, 15) is 20.0 Å². The number of aliphatic hydroxyl groups is 2. The molecule has 4 atom stereocenters. The van der Waals surface area contributed by atoms with Crippen molar-refractivity contribution >= 4 is 19.0 Å². The summed E-state index contributed by atoms with van der Waals surface area (Å²) in [7, 11) is -4.76. The molecule has 0 unspecified atom stereocenters. The van der Waals surface area contributed by atoms with E-state index in [0.29, 0.717) is 4.73 Å². The van der Waals surface area contributed by atoms with E-state index in [1.54, 1.807) is 0 Å². The number of hydrogen-bond donors (Lipinski definition) is 6. The summed E-state index contributed by atoms with van der Waals surface area (Å²) in [6.45, 7) is -0.639. The Kier molecular flexibility index (Phi) is 4.17. The van der Waals surface area contributed by atoms with Crippen molar-refractivity contribution in [1.29, 1.82) is 5.41 Å². The molecule has 3 rings (SSSR count). The van der Waals surface area contributed by atoms with Gasteiger partial charge in [-0.1, -0.05) is 0 Å². The number of aromatic nitrogens is 4. The number of aliphatic hydroxyl groups excluding tert-OH is 2. The van der Waals surface area contributed by atoms with Crippen molar-refractivity contribution in [3.05, 3.63) is 18.1 Å². The van der Waals surface area contributed by atoms with Crippen LogP contribution in [0, 0.1) is 5.41 Å². The van der Waals surface area contributed by atoms with Crippen molar-refractivity contribution in [2.45, 2.75) is 24.5 Å². The molecule has 0 radical (unpaired) electrons. The highest BCUT2D eigenvalue weighted by molar-refractivity contribution is 7.46. The van der Waals surface area contributed by atoms with E-state index in [2.05, 4.69) is 14.5 Å². The van der Waals surface area contributed by atoms with E-state index >= 15 is 0 Å². The molecule has 132 valence electrons. The molecule has 1 aliphatic rings. The second-order valence-electron chi connectivity index (χ2n) is 5.09. The number of nitrogens with zero attached hydrogens (tertiary/aromatic N) is 4. The largest absolute Gasteiger partial charge is 0.469 e. The van der Waals surface area contributed by atoms with Gasteiger partial charge < -0.3 is 29.9 Å². The van der Waals surface area contributed by atoms with Crippen LogP contribution in [0.3, 0.4) is 0 Å². The minimum Gasteiger partial charge on any atom is -0.425 e. The highest BCUT2D eigenvalue weighted by Gasteiger charge is 2.45. The maximum atomic E-state index is 10.7. The zero-order valence-corrected chi connectivity index (χ0v) is 12.8. The van der Waals surface area contributed by atoms with Gasteiger partial charge >= 0.3 is 7.82 Å². The van der Waals surface area contributed by atoms with E-state index in [1.165, 1.54) is 10.9 Å². The number of rotatable bonds is 4. The molecule has 1 fully saturated rings. The Morgan fingerprint density at radius 3 is 2.67 bits per heavy atom. The summed E-state index contributed by atoms with van der Waals surface area (Å²) in [6, 6.07) is 0. The average Bonchev–Trinajstić information content (AvgIpc) is 3.04. The third kappa shape index (κ3) is 2.93. The normalized spacial score (nSPS) is 27.8. The lowest BCUT2D eigenvalue weighted by Crippen LogP contribution is -2.33. The van der Waals surface area contributed by atoms with E-state index < -0.39 is 39.0 Å². The van der Waals surface area contributed by atoms with Crippen LogP contribution in [0.25, 0.3) is 11.2 Å². The molecule has 0 bridgehead atoms. The monoisotopic (exact) mass is 363 g/mol. The van der Waals surface area contributed by atoms with Gasteiger partial charge in [-0.05, 0) is 0 Å². The van der Waals surface area contributed by atoms with Gasteiger partial charge in [-0.2, -0.15) is 4.73 Å². The van der Waals surface area contributed by atoms with Crippen LogP contribution in [0.5, 0.6) is 0 Å². The third-order valence-electron chi connectivity index (χ3n) is 3.53. The molecule has 2 aromatic rings. The number of phosphoric ester groups is 1. The van der Waals surface area contributed by atoms with Gasteiger partial charge in [0.05, 0.1) is 12.9 Å². The molecule has 24 heavy (non-hydrogen) atoms. The molecule has 2 aromatic heterocycles. The Morgan fingerprint density at radius 1 is 1.29 bits per heavy atom. The molecule has 6 N–H and O–H groups in total. The highest BCUT2D eigenvalue weighted by Crippen LogP contribution is 2.38. The van der Waals surface area contributed by atoms with Crippen molar-refractivity contribution in [3.8, 4) is 0 Å². The Hall–Kier alpha value is -1.86. The van der Waals surface area contributed by atoms with Crippen LogP contribution >= 0.6 is 7.82 Å². The van der Waals surface area contributed by atoms with Crippen molar-refractivity contribution < 1.29 is 39.0 Å². The minimum atomic E-state index is -4.76. The van der Waals surface area contributed by atoms with Crippen LogP contribution in [0.1, 0.15) is 6.23 Å². The van der Waals surface area contributed by atoms with Crippen LogP contribution in [-0.2, 0) is 13.8 Å². The summed E-state index contributed by atoms with van der Waals surface area (Å²) in [5.74, 6) is 0. The van der Waals surface area contributed by atoms with Gasteiger partial charge in [-0.3, -0.25) is 14.5 Å². The number of imidazole rings is 1. The molecule has 1 aliphatic heterocycles. The van der Waals surface area contributed by atoms with Gasteiger partial charge in [0.2, 0.25) is 0 Å². The van der Waals surface area contributed by atoms with Crippen LogP contribution in [-0.4, -0.2) is 69.4 Å². The third-order valence-corrected chi connectivity index (χ3v) is 4.01. The van der Waals surface area contributed by atoms with E-state index in [1.807, 2.05) is 0 Å². The minimum absolute atomic E-state index is 0.0280. The topological polar surface area (TPSA) is 196 Å². The first-order chi connectivity index (χ1) is 11.2. The van der Waals surface area contributed by atoms with Crippen LogP contribution in [0.2, 0.25) is 0 Å². The predicted octanol–water partition coefficient (Wildman–Crippen LogP) is -2.32. The molecule has 13 nitrogen and oxygen atoms in total. The first-order valence-electron chi connectivity index (χ1n) is 6.59. The fraction of sp³-hybridized carbons (Fsp3) is 0.500. The first kappa shape index (κ1) is 17.0. The van der Waals surface area contributed by atoms with Gasteiger partial charge in [0.15, 0.2) is 22.9 Å². The first-order valence-corrected chi connectivity index (χ1v) is 8.12. The Bertz CT molecular complexity index is 861. The van der Waals surface area contributed by atoms with E-state index in [4.69, 9.17) is 19.9 Å². The molecule has 0 aromatic carbocycles. The zero-order valence-electron chi connectivity index (χ0n) is 11.9. The van der Waals surface area contributed by atoms with Crippen LogP contribution in [0.15, 0.2) is 12.7 Å². The van der Waals surface area contributed by atoms with Crippen LogP contribution in [0.4, 0.5) is 0 Å². The summed E-state index contributed by atoms with van der Waals surface area (Å²) in [4.78, 5) is 25.2.